The van der Waals surface area contributed by atoms with Crippen LogP contribution in [0.5, 0.6) is 5.75 Å². The molecule has 6 heterocycles. The van der Waals surface area contributed by atoms with Crippen LogP contribution in [0.1, 0.15) is 76.8 Å². The lowest BCUT2D eigenvalue weighted by molar-refractivity contribution is -0.136. The number of hydrogen-bond donors (Lipinski definition) is 3. The first kappa shape index (κ1) is 44.5. The number of benzene rings is 3. The highest BCUT2D eigenvalue weighted by molar-refractivity contribution is 7.90. The van der Waals surface area contributed by atoms with Crippen molar-refractivity contribution in [2.24, 2.45) is 5.92 Å². The summed E-state index contributed by atoms with van der Waals surface area (Å²) in [6.45, 7) is 2.63. The fourth-order valence-electron chi connectivity index (χ4n) is 10.0. The second kappa shape index (κ2) is 17.7. The van der Waals surface area contributed by atoms with Gasteiger partial charge in [-0.15, -0.1) is 0 Å². The van der Waals surface area contributed by atoms with E-state index in [1.165, 1.54) is 6.20 Å². The number of fused-ring (bicyclic) bond motifs is 2. The molecule has 0 spiro atoms. The molecule has 1 aliphatic carbocycles. The van der Waals surface area contributed by atoms with E-state index < -0.39 is 57.0 Å². The zero-order valence-electron chi connectivity index (χ0n) is 36.6. The standard InChI is InChI=1S/C48H49F3N8O7S/c1-56(33-20-35(21-33)66-34-6-7-36-30(18-34)25-59(48(36)63)41-10-11-42(60)54-47(41)62)24-27-12-15-57(16-13-27)32-4-2-28(3-5-32)29-19-37-38(23-53-46(37)52-22-29)45(61)43-39(50)8-9-40(44(43)51)55-67(64,65)58-17-14-31(49)26-58/h2-9,18-19,22-23,27,31,33,35,41,55H,10-17,20-21,24-26H2,1H3,(H,52,53)(H,54,60,62)/t31-,33?,35?,41?/m1/s1. The van der Waals surface area contributed by atoms with Crippen molar-refractivity contribution in [3.8, 4) is 16.9 Å². The van der Waals surface area contributed by atoms with E-state index in [-0.39, 0.29) is 49.4 Å². The minimum absolute atomic E-state index is 0.00243. The Hall–Kier alpha value is -6.31. The lowest BCUT2D eigenvalue weighted by Crippen LogP contribution is -2.52. The van der Waals surface area contributed by atoms with Crippen molar-refractivity contribution >= 4 is 56.1 Å². The van der Waals surface area contributed by atoms with Gasteiger partial charge in [-0.3, -0.25) is 29.2 Å². The maximum Gasteiger partial charge on any atom is 0.301 e. The zero-order valence-corrected chi connectivity index (χ0v) is 37.5. The van der Waals surface area contributed by atoms with Crippen LogP contribution in [0.2, 0.25) is 0 Å². The first-order valence-electron chi connectivity index (χ1n) is 22.6. The number of carbonyl (C=O) groups excluding carboxylic acids is 4. The van der Waals surface area contributed by atoms with Gasteiger partial charge in [0.1, 0.15) is 35.5 Å². The molecule has 5 aromatic rings. The van der Waals surface area contributed by atoms with Gasteiger partial charge in [0.2, 0.25) is 17.6 Å². The molecular formula is C48H49F3N8O7S. The average Bonchev–Trinajstić information content (AvgIpc) is 4.03. The van der Waals surface area contributed by atoms with E-state index in [1.807, 2.05) is 41.1 Å². The maximum atomic E-state index is 15.8. The van der Waals surface area contributed by atoms with Crippen LogP contribution < -0.4 is 19.7 Å². The smallest absolute Gasteiger partial charge is 0.301 e. The molecule has 350 valence electrons. The Kier molecular flexibility index (Phi) is 11.8. The minimum Gasteiger partial charge on any atom is -0.490 e. The maximum absolute atomic E-state index is 15.8. The van der Waals surface area contributed by atoms with Crippen molar-refractivity contribution in [1.29, 1.82) is 0 Å². The first-order chi connectivity index (χ1) is 32.2. The number of ketones is 1. The number of H-pyrrole nitrogens is 1. The molecule has 1 saturated carbocycles. The van der Waals surface area contributed by atoms with Crippen molar-refractivity contribution in [2.75, 3.05) is 49.4 Å². The number of aromatic nitrogens is 2. The predicted molar refractivity (Wildman–Crippen MR) is 242 cm³/mol. The highest BCUT2D eigenvalue weighted by atomic mass is 32.2. The Morgan fingerprint density at radius 3 is 2.46 bits per heavy atom. The average molecular weight is 939 g/mol. The molecular weight excluding hydrogens is 890 g/mol. The van der Waals surface area contributed by atoms with E-state index in [2.05, 4.69) is 32.1 Å². The van der Waals surface area contributed by atoms with Gasteiger partial charge in [0.15, 0.2) is 5.82 Å². The molecule has 19 heteroatoms. The molecule has 4 aliphatic heterocycles. The van der Waals surface area contributed by atoms with Gasteiger partial charge in [-0.05, 0) is 98.3 Å². The summed E-state index contributed by atoms with van der Waals surface area (Å²) in [5.74, 6) is -3.24. The second-order valence-corrected chi connectivity index (χ2v) is 20.0. The largest absolute Gasteiger partial charge is 0.490 e. The summed E-state index contributed by atoms with van der Waals surface area (Å²) < 4.78 is 79.4. The molecule has 2 atom stereocenters. The van der Waals surface area contributed by atoms with Crippen molar-refractivity contribution in [3.05, 3.63) is 107 Å². The minimum atomic E-state index is -4.36. The Labute approximate surface area is 384 Å². The molecule has 3 N–H and O–H groups in total. The van der Waals surface area contributed by atoms with Crippen LogP contribution in [0, 0.1) is 17.6 Å². The molecule has 4 fully saturated rings. The lowest BCUT2D eigenvalue weighted by Gasteiger charge is -2.43. The number of piperidine rings is 2. The lowest BCUT2D eigenvalue weighted by atomic mass is 9.86. The van der Waals surface area contributed by atoms with Crippen molar-refractivity contribution in [2.45, 2.75) is 75.8 Å². The molecule has 5 aliphatic rings. The Balaban J connectivity index is 0.713. The highest BCUT2D eigenvalue weighted by Crippen LogP contribution is 2.36. The third-order valence-corrected chi connectivity index (χ3v) is 15.5. The number of ether oxygens (including phenoxy) is 1. The zero-order chi connectivity index (χ0) is 46.7. The molecule has 1 unspecified atom stereocenters. The van der Waals surface area contributed by atoms with E-state index in [0.29, 0.717) is 52.8 Å². The number of amides is 3. The van der Waals surface area contributed by atoms with Crippen LogP contribution in [0.25, 0.3) is 22.2 Å². The Bertz CT molecular complexity index is 2900. The van der Waals surface area contributed by atoms with Gasteiger partial charge in [0.05, 0.1) is 11.3 Å². The fourth-order valence-corrected chi connectivity index (χ4v) is 11.3. The summed E-state index contributed by atoms with van der Waals surface area (Å²) in [5.41, 5.74) is 2.69. The quantitative estimate of drug-likeness (QED) is 0.0944. The number of hydrogen-bond acceptors (Lipinski definition) is 10. The number of halogens is 3. The third-order valence-electron chi connectivity index (χ3n) is 14.0. The van der Waals surface area contributed by atoms with E-state index >= 15 is 8.78 Å². The monoisotopic (exact) mass is 938 g/mol. The van der Waals surface area contributed by atoms with E-state index in [0.717, 1.165) is 78.6 Å². The third kappa shape index (κ3) is 8.75. The topological polar surface area (TPSA) is 177 Å². The number of nitrogens with one attached hydrogen (secondary N) is 3. The molecule has 3 amide bonds. The number of nitrogens with zero attached hydrogens (tertiary/aromatic N) is 5. The van der Waals surface area contributed by atoms with Gasteiger partial charge in [0, 0.05) is 105 Å². The fraction of sp³-hybridized carbons (Fsp3) is 0.396. The molecule has 15 nitrogen and oxygen atoms in total. The number of anilines is 2. The van der Waals surface area contributed by atoms with E-state index in [4.69, 9.17) is 4.74 Å². The Morgan fingerprint density at radius 2 is 1.73 bits per heavy atom. The first-order valence-corrected chi connectivity index (χ1v) is 24.0. The van der Waals surface area contributed by atoms with Gasteiger partial charge in [-0.2, -0.15) is 12.7 Å². The second-order valence-electron chi connectivity index (χ2n) is 18.3. The number of pyridine rings is 1. The van der Waals surface area contributed by atoms with Gasteiger partial charge in [0.25, 0.3) is 5.91 Å². The molecule has 0 radical (unpaired) electrons. The number of imide groups is 1. The number of alkyl halides is 1. The molecule has 2 aromatic heterocycles. The number of rotatable bonds is 13. The van der Waals surface area contributed by atoms with Crippen LogP contribution in [0.15, 0.2) is 73.1 Å². The molecule has 67 heavy (non-hydrogen) atoms. The number of carbonyl (C=O) groups is 4. The van der Waals surface area contributed by atoms with Gasteiger partial charge in [-0.25, -0.2) is 18.2 Å². The van der Waals surface area contributed by atoms with Crippen LogP contribution in [0.4, 0.5) is 24.5 Å². The van der Waals surface area contributed by atoms with Crippen LogP contribution >= 0.6 is 0 Å². The van der Waals surface area contributed by atoms with Crippen molar-refractivity contribution < 1.29 is 45.5 Å². The SMILES string of the molecule is CN(CC1CCN(c2ccc(-c3cnc4[nH]cc(C(=O)c5c(F)ccc(NS(=O)(=O)N6CC[C@@H](F)C6)c5F)c4c3)cc2)CC1)C1CC(Oc2ccc3c(c2)CN(C2CCC(=O)NC2=O)C3=O)C1. The highest BCUT2D eigenvalue weighted by Gasteiger charge is 2.40. The summed E-state index contributed by atoms with van der Waals surface area (Å²) in [4.78, 5) is 64.6. The van der Waals surface area contributed by atoms with Gasteiger partial charge < -0.3 is 24.4 Å². The summed E-state index contributed by atoms with van der Waals surface area (Å²) in [6, 6.07) is 16.7. The molecule has 3 saturated heterocycles. The van der Waals surface area contributed by atoms with Crippen LogP contribution in [0.3, 0.4) is 0 Å². The van der Waals surface area contributed by atoms with Crippen LogP contribution in [-0.2, 0) is 26.3 Å². The van der Waals surface area contributed by atoms with Crippen LogP contribution in [-0.4, -0.2) is 120 Å². The number of aromatic amines is 1. The molecule has 3 aromatic carbocycles. The summed E-state index contributed by atoms with van der Waals surface area (Å²) in [6.07, 6.45) is 6.13. The van der Waals surface area contributed by atoms with E-state index in [9.17, 15) is 32.0 Å². The molecule has 10 rings (SSSR count). The molecule has 0 bridgehead atoms. The van der Waals surface area contributed by atoms with Gasteiger partial charge >= 0.3 is 10.2 Å². The predicted octanol–water partition coefficient (Wildman–Crippen LogP) is 5.96. The summed E-state index contributed by atoms with van der Waals surface area (Å²) >= 11 is 0. The Morgan fingerprint density at radius 1 is 0.955 bits per heavy atom. The van der Waals surface area contributed by atoms with E-state index in [1.54, 1.807) is 23.2 Å². The normalized spacial score (nSPS) is 22.6. The summed E-state index contributed by atoms with van der Waals surface area (Å²) in [5, 5.41) is 2.67. The van der Waals surface area contributed by atoms with Crippen molar-refractivity contribution in [1.82, 2.24) is 29.4 Å². The summed E-state index contributed by atoms with van der Waals surface area (Å²) in [7, 11) is -2.18. The van der Waals surface area contributed by atoms with Gasteiger partial charge in [-0.1, -0.05) is 12.1 Å². The van der Waals surface area contributed by atoms with Crippen molar-refractivity contribution in [3.63, 3.8) is 0 Å².